The summed E-state index contributed by atoms with van der Waals surface area (Å²) in [7, 11) is -3.39. The molecule has 3 N–H and O–H groups in total. The number of aryl methyl sites for hydroxylation is 1. The first-order chi connectivity index (χ1) is 24.3. The normalized spacial score (nSPS) is 12.6. The number of nitrogens with one attached hydrogen (secondary N) is 3. The summed E-state index contributed by atoms with van der Waals surface area (Å²) in [5.74, 6) is 1.64. The Bertz CT molecular complexity index is 1770. The van der Waals surface area contributed by atoms with E-state index in [1.165, 1.54) is 44.9 Å². The van der Waals surface area contributed by atoms with Crippen molar-refractivity contribution < 1.29 is 22.7 Å². The third kappa shape index (κ3) is 13.4. The van der Waals surface area contributed by atoms with Crippen LogP contribution in [0.15, 0.2) is 48.5 Å². The summed E-state index contributed by atoms with van der Waals surface area (Å²) in [4.78, 5) is 18.0. The van der Waals surface area contributed by atoms with Gasteiger partial charge in [-0.15, -0.1) is 5.10 Å². The molecule has 0 spiro atoms. The third-order valence-electron chi connectivity index (χ3n) is 8.52. The molecule has 0 aliphatic rings. The van der Waals surface area contributed by atoms with Crippen LogP contribution in [0.2, 0.25) is 5.02 Å². The van der Waals surface area contributed by atoms with Crippen LogP contribution in [0.5, 0.6) is 11.5 Å². The monoisotopic (exact) mass is 742 g/mol. The second-order valence-electron chi connectivity index (χ2n) is 14.3. The van der Waals surface area contributed by atoms with Gasteiger partial charge >= 0.3 is 0 Å². The van der Waals surface area contributed by atoms with Crippen LogP contribution in [-0.4, -0.2) is 53.1 Å². The molecule has 0 saturated heterocycles. The smallest absolute Gasteiger partial charge is 0.265 e. The summed E-state index contributed by atoms with van der Waals surface area (Å²) in [6.07, 6.45) is 14.3. The molecule has 1 atom stereocenters. The summed E-state index contributed by atoms with van der Waals surface area (Å²) in [6, 6.07) is 13.8. The predicted molar refractivity (Wildman–Crippen MR) is 206 cm³/mol. The van der Waals surface area contributed by atoms with Crippen LogP contribution in [0.1, 0.15) is 116 Å². The molecular weight excluding hydrogens is 688 g/mol. The second kappa shape index (κ2) is 19.2. The summed E-state index contributed by atoms with van der Waals surface area (Å²) in [5, 5.41) is 11.4. The van der Waals surface area contributed by atoms with Gasteiger partial charge in [0.1, 0.15) is 16.5 Å². The molecule has 13 heteroatoms. The number of aromatic amines is 1. The van der Waals surface area contributed by atoms with Crippen LogP contribution in [-0.2, 0) is 26.7 Å². The number of unbranched alkanes of at least 4 members (excludes halogenated alkanes) is 9. The fourth-order valence-corrected chi connectivity index (χ4v) is 6.77. The fraction of sp³-hybridized carbons (Fsp3) is 0.553. The number of ether oxygens (including phenoxy) is 2. The van der Waals surface area contributed by atoms with E-state index in [-0.39, 0.29) is 11.3 Å². The molecule has 2 heterocycles. The molecular formula is C38H55ClN6O5S. The molecule has 2 aromatic heterocycles. The van der Waals surface area contributed by atoms with E-state index in [1.54, 1.807) is 28.9 Å². The minimum absolute atomic E-state index is 0.136. The first kappa shape index (κ1) is 40.0. The van der Waals surface area contributed by atoms with Crippen LogP contribution in [0.25, 0.3) is 5.65 Å². The van der Waals surface area contributed by atoms with Crippen molar-refractivity contribution in [1.29, 1.82) is 0 Å². The van der Waals surface area contributed by atoms with Gasteiger partial charge in [-0.3, -0.25) is 14.6 Å². The van der Waals surface area contributed by atoms with E-state index in [0.29, 0.717) is 58.8 Å². The Morgan fingerprint density at radius 3 is 2.06 bits per heavy atom. The molecule has 0 aliphatic carbocycles. The third-order valence-corrected chi connectivity index (χ3v) is 9.48. The van der Waals surface area contributed by atoms with Crippen molar-refractivity contribution in [2.75, 3.05) is 22.9 Å². The number of fused-ring (bicyclic) bond motifs is 1. The summed E-state index contributed by atoms with van der Waals surface area (Å²) < 4.78 is 39.3. The number of carbonyl (C=O) groups excluding carboxylic acids is 1. The Hall–Kier alpha value is -3.77. The summed E-state index contributed by atoms with van der Waals surface area (Å²) >= 11 is 6.54. The molecule has 0 fully saturated rings. The van der Waals surface area contributed by atoms with Gasteiger partial charge in [0.25, 0.3) is 5.91 Å². The Morgan fingerprint density at radius 1 is 0.882 bits per heavy atom. The maximum Gasteiger partial charge on any atom is 0.265 e. The number of aromatic nitrogens is 4. The maximum atomic E-state index is 13.4. The number of halogens is 1. The van der Waals surface area contributed by atoms with Crippen molar-refractivity contribution in [2.45, 2.75) is 123 Å². The highest BCUT2D eigenvalue weighted by Gasteiger charge is 2.24. The number of H-pyrrole nitrogens is 1. The average molecular weight is 743 g/mol. The summed E-state index contributed by atoms with van der Waals surface area (Å²) in [5.41, 5.74) is 2.47. The number of hydrogen-bond acceptors (Lipinski definition) is 7. The van der Waals surface area contributed by atoms with E-state index >= 15 is 0 Å². The molecule has 0 saturated carbocycles. The Balaban J connectivity index is 1.25. The molecule has 1 amide bonds. The average Bonchev–Trinajstić information content (AvgIpc) is 3.62. The van der Waals surface area contributed by atoms with E-state index in [4.69, 9.17) is 21.1 Å². The highest BCUT2D eigenvalue weighted by atomic mass is 35.5. The number of benzene rings is 2. The maximum absolute atomic E-state index is 13.4. The van der Waals surface area contributed by atoms with Gasteiger partial charge in [-0.2, -0.15) is 4.63 Å². The quantitative estimate of drug-likeness (QED) is 0.0683. The van der Waals surface area contributed by atoms with Crippen molar-refractivity contribution in [1.82, 2.24) is 19.8 Å². The lowest BCUT2D eigenvalue weighted by Gasteiger charge is -2.19. The van der Waals surface area contributed by atoms with Gasteiger partial charge < -0.3 is 14.8 Å². The van der Waals surface area contributed by atoms with Crippen molar-refractivity contribution >= 4 is 44.6 Å². The van der Waals surface area contributed by atoms with Gasteiger partial charge in [-0.05, 0) is 67.8 Å². The van der Waals surface area contributed by atoms with Gasteiger partial charge in [-0.1, -0.05) is 97.1 Å². The van der Waals surface area contributed by atoms with E-state index in [9.17, 15) is 13.2 Å². The van der Waals surface area contributed by atoms with Crippen LogP contribution < -0.4 is 19.5 Å². The number of sulfonamides is 1. The van der Waals surface area contributed by atoms with Crippen molar-refractivity contribution in [3.8, 4) is 11.5 Å². The van der Waals surface area contributed by atoms with E-state index in [2.05, 4.69) is 52.9 Å². The SMILES string of the molecule is CCCCCCCCCCCCC(Oc1ccc(NS(C)(=O)=O)cc1)C(=O)Nc1ccc(OCCCc2nc3c(Cl)c(C(C)(C)C)[nH]n3n2)cc1. The summed E-state index contributed by atoms with van der Waals surface area (Å²) in [6.45, 7) is 8.97. The fourth-order valence-electron chi connectivity index (χ4n) is 5.76. The number of carbonyl (C=O) groups is 1. The topological polar surface area (TPSA) is 140 Å². The Labute approximate surface area is 308 Å². The van der Waals surface area contributed by atoms with Crippen LogP contribution in [0, 0.1) is 0 Å². The minimum Gasteiger partial charge on any atom is -0.494 e. The Morgan fingerprint density at radius 2 is 1.47 bits per heavy atom. The van der Waals surface area contributed by atoms with Gasteiger partial charge in [-0.25, -0.2) is 13.4 Å². The van der Waals surface area contributed by atoms with Crippen molar-refractivity contribution in [3.63, 3.8) is 0 Å². The molecule has 2 aromatic carbocycles. The number of rotatable bonds is 22. The van der Waals surface area contributed by atoms with Crippen LogP contribution >= 0.6 is 11.6 Å². The molecule has 4 rings (SSSR count). The highest BCUT2D eigenvalue weighted by molar-refractivity contribution is 7.92. The molecule has 0 bridgehead atoms. The Kier molecular flexibility index (Phi) is 15.0. The van der Waals surface area contributed by atoms with Gasteiger partial charge in [0.05, 0.1) is 18.6 Å². The largest absolute Gasteiger partial charge is 0.494 e. The predicted octanol–water partition coefficient (Wildman–Crippen LogP) is 9.09. The zero-order chi connectivity index (χ0) is 36.9. The number of anilines is 2. The zero-order valence-electron chi connectivity index (χ0n) is 30.8. The lowest BCUT2D eigenvalue weighted by atomic mass is 9.92. The van der Waals surface area contributed by atoms with E-state index in [0.717, 1.165) is 37.6 Å². The van der Waals surface area contributed by atoms with Gasteiger partial charge in [0, 0.05) is 23.2 Å². The molecule has 1 unspecified atom stereocenters. The zero-order valence-corrected chi connectivity index (χ0v) is 32.3. The molecule has 0 radical (unpaired) electrons. The van der Waals surface area contributed by atoms with Crippen LogP contribution in [0.3, 0.4) is 0 Å². The number of amides is 1. The molecule has 280 valence electrons. The first-order valence-electron chi connectivity index (χ1n) is 18.2. The molecule has 11 nitrogen and oxygen atoms in total. The lowest BCUT2D eigenvalue weighted by molar-refractivity contribution is -0.123. The molecule has 0 aliphatic heterocycles. The standard InChI is InChI=1S/C38H55ClN6O5S/c1-6-7-8-9-10-11-12-13-14-15-17-32(50-31-25-21-29(22-26-31)44-51(5,47)48)37(46)40-28-19-23-30(24-20-28)49-27-16-18-33-41-36-34(39)35(38(2,3)4)43-45(36)42-33/h19-26,32,43-44H,6-18,27H2,1-5H3,(H,40,46). The molecule has 4 aromatic rings. The highest BCUT2D eigenvalue weighted by Crippen LogP contribution is 2.31. The first-order valence-corrected chi connectivity index (χ1v) is 20.5. The van der Waals surface area contributed by atoms with Crippen molar-refractivity contribution in [2.24, 2.45) is 0 Å². The lowest BCUT2D eigenvalue weighted by Crippen LogP contribution is -2.33. The second-order valence-corrected chi connectivity index (χ2v) is 16.4. The molecule has 51 heavy (non-hydrogen) atoms. The van der Waals surface area contributed by atoms with E-state index in [1.807, 2.05) is 24.3 Å². The van der Waals surface area contributed by atoms with Gasteiger partial charge in [0.2, 0.25) is 10.0 Å². The van der Waals surface area contributed by atoms with Gasteiger partial charge in [0.15, 0.2) is 17.6 Å². The van der Waals surface area contributed by atoms with E-state index < -0.39 is 16.1 Å². The number of nitrogens with zero attached hydrogens (tertiary/aromatic N) is 3. The number of hydrogen-bond donors (Lipinski definition) is 3. The van der Waals surface area contributed by atoms with Crippen LogP contribution in [0.4, 0.5) is 11.4 Å². The van der Waals surface area contributed by atoms with Crippen molar-refractivity contribution in [3.05, 3.63) is 65.1 Å². The minimum atomic E-state index is -3.39.